The summed E-state index contributed by atoms with van der Waals surface area (Å²) in [5.74, 6) is -0.356. The smallest absolute Gasteiger partial charge is 0.262 e. The number of thioether (sulfide) groups is 2. The van der Waals surface area contributed by atoms with Crippen LogP contribution < -0.4 is 21.8 Å². The quantitative estimate of drug-likeness (QED) is 0.0853. The zero-order valence-corrected chi connectivity index (χ0v) is 31.8. The first-order valence-electron chi connectivity index (χ1n) is 17.7. The molecule has 2 N–H and O–H groups in total. The van der Waals surface area contributed by atoms with Crippen molar-refractivity contribution < 1.29 is 9.59 Å². The number of carbonyl (C=O) groups excluding carboxylic acids is 2. The first-order chi connectivity index (χ1) is 25.6. The zero-order chi connectivity index (χ0) is 37.5. The van der Waals surface area contributed by atoms with Gasteiger partial charge in [-0.05, 0) is 81.6 Å². The molecule has 4 aromatic carbocycles. The lowest BCUT2D eigenvalue weighted by Crippen LogP contribution is -2.30. The Bertz CT molecular complexity index is 2210. The van der Waals surface area contributed by atoms with Crippen LogP contribution in [0, 0.1) is 13.8 Å². The fourth-order valence-corrected chi connectivity index (χ4v) is 7.95. The van der Waals surface area contributed by atoms with Gasteiger partial charge in [-0.2, -0.15) is 0 Å². The Kier molecular flexibility index (Phi) is 12.1. The summed E-state index contributed by atoms with van der Waals surface area (Å²) in [6.45, 7) is 8.31. The number of para-hydroxylation sites is 2. The Morgan fingerprint density at radius 1 is 0.604 bits per heavy atom. The second kappa shape index (κ2) is 17.1. The number of amides is 2. The van der Waals surface area contributed by atoms with Crippen LogP contribution in [0.1, 0.15) is 44.2 Å². The predicted octanol–water partition coefficient (Wildman–Crippen LogP) is 7.83. The molecule has 0 aliphatic heterocycles. The molecule has 10 nitrogen and oxygen atoms in total. The van der Waals surface area contributed by atoms with Crippen molar-refractivity contribution in [2.75, 3.05) is 10.6 Å². The fourth-order valence-electron chi connectivity index (χ4n) is 5.87. The average Bonchev–Trinajstić information content (AvgIpc) is 3.16. The summed E-state index contributed by atoms with van der Waals surface area (Å²) in [6.07, 6.45) is 1.42. The highest BCUT2D eigenvalue weighted by Gasteiger charge is 2.24. The van der Waals surface area contributed by atoms with Crippen molar-refractivity contribution in [1.29, 1.82) is 0 Å². The van der Waals surface area contributed by atoms with Gasteiger partial charge in [0.25, 0.3) is 11.1 Å². The maximum atomic E-state index is 14.0. The van der Waals surface area contributed by atoms with E-state index in [0.29, 0.717) is 62.8 Å². The third-order valence-corrected chi connectivity index (χ3v) is 11.6. The lowest BCUT2D eigenvalue weighted by molar-refractivity contribution is -0.116. The van der Waals surface area contributed by atoms with Crippen molar-refractivity contribution in [2.45, 2.75) is 80.9 Å². The number of carbonyl (C=O) groups is 2. The molecule has 0 spiro atoms. The van der Waals surface area contributed by atoms with Crippen molar-refractivity contribution in [3.05, 3.63) is 129 Å². The molecule has 0 bridgehead atoms. The summed E-state index contributed by atoms with van der Waals surface area (Å²) in [7, 11) is 0. The lowest BCUT2D eigenvalue weighted by Gasteiger charge is -2.20. The largest absolute Gasteiger partial charge is 0.325 e. The van der Waals surface area contributed by atoms with E-state index in [0.717, 1.165) is 11.1 Å². The molecule has 2 heterocycles. The van der Waals surface area contributed by atoms with E-state index in [1.54, 1.807) is 45.5 Å². The number of rotatable bonds is 14. The Morgan fingerprint density at radius 3 is 1.36 bits per heavy atom. The number of hydrogen-bond acceptors (Lipinski definition) is 8. The van der Waals surface area contributed by atoms with Gasteiger partial charge in [0, 0.05) is 24.5 Å². The highest BCUT2D eigenvalue weighted by molar-refractivity contribution is 8.00. The monoisotopic (exact) mass is 746 g/mol. The van der Waals surface area contributed by atoms with Crippen molar-refractivity contribution in [3.63, 3.8) is 0 Å². The van der Waals surface area contributed by atoms with Gasteiger partial charge in [-0.1, -0.05) is 97.0 Å². The highest BCUT2D eigenvalue weighted by Crippen LogP contribution is 2.28. The van der Waals surface area contributed by atoms with Crippen LogP contribution in [0.4, 0.5) is 11.4 Å². The van der Waals surface area contributed by atoms with E-state index in [2.05, 4.69) is 10.6 Å². The summed E-state index contributed by atoms with van der Waals surface area (Å²) in [6, 6.07) is 29.6. The Labute approximate surface area is 316 Å². The highest BCUT2D eigenvalue weighted by atomic mass is 32.2. The molecule has 6 rings (SSSR count). The Hall–Kier alpha value is -5.20. The molecule has 53 heavy (non-hydrogen) atoms. The topological polar surface area (TPSA) is 128 Å². The van der Waals surface area contributed by atoms with Gasteiger partial charge < -0.3 is 10.6 Å². The van der Waals surface area contributed by atoms with Crippen LogP contribution in [0.5, 0.6) is 0 Å². The molecule has 0 radical (unpaired) electrons. The van der Waals surface area contributed by atoms with Crippen LogP contribution in [0.15, 0.2) is 117 Å². The van der Waals surface area contributed by atoms with Crippen LogP contribution in [-0.4, -0.2) is 41.4 Å². The summed E-state index contributed by atoms with van der Waals surface area (Å²) in [4.78, 5) is 64.5. The van der Waals surface area contributed by atoms with E-state index in [1.807, 2.05) is 88.4 Å². The number of nitrogens with one attached hydrogen (secondary N) is 2. The van der Waals surface area contributed by atoms with Gasteiger partial charge in [-0.25, -0.2) is 9.97 Å². The van der Waals surface area contributed by atoms with E-state index < -0.39 is 10.5 Å². The maximum Gasteiger partial charge on any atom is 0.262 e. The predicted molar refractivity (Wildman–Crippen MR) is 216 cm³/mol. The molecule has 0 aliphatic rings. The van der Waals surface area contributed by atoms with E-state index in [-0.39, 0.29) is 36.0 Å². The summed E-state index contributed by atoms with van der Waals surface area (Å²) >= 11 is 2.51. The third-order valence-electron chi connectivity index (χ3n) is 8.88. The number of aromatic nitrogens is 4. The average molecular weight is 747 g/mol. The number of hydrogen-bond donors (Lipinski definition) is 2. The zero-order valence-electron chi connectivity index (χ0n) is 30.2. The van der Waals surface area contributed by atoms with Gasteiger partial charge in [0.05, 0.1) is 32.3 Å². The van der Waals surface area contributed by atoms with Crippen molar-refractivity contribution in [2.24, 2.45) is 0 Å². The molecule has 2 amide bonds. The van der Waals surface area contributed by atoms with E-state index in [1.165, 1.54) is 23.5 Å². The van der Waals surface area contributed by atoms with Crippen LogP contribution in [-0.2, 0) is 22.7 Å². The molecule has 0 saturated heterocycles. The number of nitrogens with zero attached hydrogens (tertiary/aromatic N) is 4. The summed E-state index contributed by atoms with van der Waals surface area (Å²) in [5, 5.41) is 6.77. The van der Waals surface area contributed by atoms with Gasteiger partial charge in [0.1, 0.15) is 0 Å². The van der Waals surface area contributed by atoms with Crippen LogP contribution in [0.3, 0.4) is 0 Å². The van der Waals surface area contributed by atoms with Gasteiger partial charge >= 0.3 is 0 Å². The van der Waals surface area contributed by atoms with E-state index in [4.69, 9.17) is 9.97 Å². The van der Waals surface area contributed by atoms with Gasteiger partial charge in [-0.3, -0.25) is 28.3 Å². The number of benzene rings is 4. The van der Waals surface area contributed by atoms with Gasteiger partial charge in [0.15, 0.2) is 10.3 Å². The molecule has 0 aliphatic carbocycles. The van der Waals surface area contributed by atoms with E-state index >= 15 is 0 Å². The fraction of sp³-hybridized carbons (Fsp3) is 0.268. The molecule has 2 aromatic heterocycles. The molecule has 0 fully saturated rings. The Balaban J connectivity index is 1.27. The van der Waals surface area contributed by atoms with Crippen molar-refractivity contribution in [1.82, 2.24) is 19.1 Å². The van der Waals surface area contributed by atoms with E-state index in [9.17, 15) is 19.2 Å². The van der Waals surface area contributed by atoms with Crippen LogP contribution >= 0.6 is 23.5 Å². The standard InChI is InChI=1S/C41H42N6O4S2/c1-5-34(36(48)42-28-20-16-26(3)17-21-28)52-40-44-32-14-9-7-12-30(32)38(50)46(40)24-11-25-47-39(51)31-13-8-10-15-33(31)45-41(47)53-35(6-2)37(49)43-29-22-18-27(4)19-23-29/h7-10,12-23,34-35H,5-6,11,24-25H2,1-4H3,(H,42,48)(H,43,49)/t34-,35-/m1/s1. The molecule has 0 unspecified atom stereocenters. The molecule has 6 aromatic rings. The number of anilines is 2. The van der Waals surface area contributed by atoms with Crippen LogP contribution in [0.25, 0.3) is 21.8 Å². The molecule has 272 valence electrons. The van der Waals surface area contributed by atoms with Gasteiger partial charge in [0.2, 0.25) is 11.8 Å². The minimum absolute atomic E-state index is 0.178. The first-order valence-corrected chi connectivity index (χ1v) is 19.5. The third kappa shape index (κ3) is 8.89. The lowest BCUT2D eigenvalue weighted by atomic mass is 10.2. The number of fused-ring (bicyclic) bond motifs is 2. The minimum atomic E-state index is -0.511. The molecular formula is C41H42N6O4S2. The first kappa shape index (κ1) is 37.6. The van der Waals surface area contributed by atoms with Crippen molar-refractivity contribution in [3.8, 4) is 0 Å². The second-order valence-corrected chi connectivity index (χ2v) is 15.2. The second-order valence-electron chi connectivity index (χ2n) is 12.8. The minimum Gasteiger partial charge on any atom is -0.325 e. The molecular weight excluding hydrogens is 705 g/mol. The van der Waals surface area contributed by atoms with Crippen LogP contribution in [0.2, 0.25) is 0 Å². The number of aryl methyl sites for hydroxylation is 2. The maximum absolute atomic E-state index is 14.0. The molecule has 0 saturated carbocycles. The van der Waals surface area contributed by atoms with Gasteiger partial charge in [-0.15, -0.1) is 0 Å². The summed E-state index contributed by atoms with van der Waals surface area (Å²) < 4.78 is 3.20. The Morgan fingerprint density at radius 2 is 0.981 bits per heavy atom. The molecule has 2 atom stereocenters. The summed E-state index contributed by atoms with van der Waals surface area (Å²) in [5.41, 5.74) is 4.24. The van der Waals surface area contributed by atoms with Crippen molar-refractivity contribution >= 4 is 68.5 Å². The molecule has 12 heteroatoms. The normalized spacial score (nSPS) is 12.5. The SMILES string of the molecule is CC[C@@H](Sc1nc2ccccc2c(=O)n1CCCn1c(S[C@H](CC)C(=O)Nc2ccc(C)cc2)nc2ccccc2c1=O)C(=O)Nc1ccc(C)cc1.